The van der Waals surface area contributed by atoms with E-state index < -0.39 is 0 Å². The molecule has 0 amide bonds. The van der Waals surface area contributed by atoms with Gasteiger partial charge in [-0.25, -0.2) is 4.39 Å². The number of halogens is 2. The number of nitrogens with one attached hydrogen (secondary N) is 1. The Morgan fingerprint density at radius 2 is 1.89 bits per heavy atom. The number of benzene rings is 2. The van der Waals surface area contributed by atoms with Crippen molar-refractivity contribution in [1.29, 1.82) is 0 Å². The molecule has 0 aliphatic heterocycles. The fourth-order valence-corrected chi connectivity index (χ4v) is 2.15. The van der Waals surface area contributed by atoms with Crippen molar-refractivity contribution in [3.05, 3.63) is 58.9 Å². The highest BCUT2D eigenvalue weighted by molar-refractivity contribution is 6.33. The van der Waals surface area contributed by atoms with E-state index in [4.69, 9.17) is 11.6 Å². The van der Waals surface area contributed by atoms with Crippen LogP contribution < -0.4 is 5.32 Å². The second kappa shape index (κ2) is 5.98. The molecule has 0 aliphatic carbocycles. The Balaban J connectivity index is 2.46. The molecule has 1 nitrogen and oxygen atoms in total. The summed E-state index contributed by atoms with van der Waals surface area (Å²) in [5, 5.41) is 3.89. The van der Waals surface area contributed by atoms with Crippen molar-refractivity contribution >= 4 is 11.6 Å². The molecular formula is C15H15ClFN. The molecule has 0 unspecified atom stereocenters. The van der Waals surface area contributed by atoms with Crippen LogP contribution in [0.5, 0.6) is 0 Å². The molecule has 2 aromatic carbocycles. The van der Waals surface area contributed by atoms with Crippen LogP contribution in [0.2, 0.25) is 5.02 Å². The average molecular weight is 264 g/mol. The van der Waals surface area contributed by atoms with Gasteiger partial charge in [0.05, 0.1) is 0 Å². The summed E-state index contributed by atoms with van der Waals surface area (Å²) in [5.41, 5.74) is 2.83. The van der Waals surface area contributed by atoms with Crippen molar-refractivity contribution in [3.63, 3.8) is 0 Å². The third kappa shape index (κ3) is 2.89. The van der Waals surface area contributed by atoms with Crippen molar-refractivity contribution in [3.8, 4) is 11.1 Å². The third-order valence-corrected chi connectivity index (χ3v) is 3.13. The number of rotatable bonds is 4. The van der Waals surface area contributed by atoms with Gasteiger partial charge in [-0.15, -0.1) is 0 Å². The second-order valence-electron chi connectivity index (χ2n) is 4.06. The lowest BCUT2D eigenvalue weighted by Crippen LogP contribution is -2.12. The highest BCUT2D eigenvalue weighted by atomic mass is 35.5. The zero-order valence-corrected chi connectivity index (χ0v) is 11.0. The van der Waals surface area contributed by atoms with Crippen LogP contribution in [0.3, 0.4) is 0 Å². The predicted octanol–water partition coefficient (Wildman–Crippen LogP) is 4.26. The minimum atomic E-state index is -0.223. The summed E-state index contributed by atoms with van der Waals surface area (Å²) >= 11 is 6.19. The summed E-state index contributed by atoms with van der Waals surface area (Å²) in [4.78, 5) is 0. The van der Waals surface area contributed by atoms with Crippen LogP contribution in [0.4, 0.5) is 4.39 Å². The van der Waals surface area contributed by atoms with Crippen LogP contribution >= 0.6 is 11.6 Å². The Morgan fingerprint density at radius 3 is 2.61 bits per heavy atom. The maximum Gasteiger partial charge on any atom is 0.123 e. The van der Waals surface area contributed by atoms with E-state index in [2.05, 4.69) is 5.32 Å². The maximum atomic E-state index is 13.3. The molecule has 0 bridgehead atoms. The van der Waals surface area contributed by atoms with Crippen LogP contribution in [-0.4, -0.2) is 6.54 Å². The fourth-order valence-electron chi connectivity index (χ4n) is 1.91. The molecule has 0 aromatic heterocycles. The molecule has 2 rings (SSSR count). The fraction of sp³-hybridized carbons (Fsp3) is 0.200. The first-order valence-electron chi connectivity index (χ1n) is 5.96. The number of hydrogen-bond acceptors (Lipinski definition) is 1. The molecule has 0 saturated carbocycles. The summed E-state index contributed by atoms with van der Waals surface area (Å²) in [6, 6.07) is 12.4. The van der Waals surface area contributed by atoms with Gasteiger partial charge in [-0.1, -0.05) is 42.8 Å². The van der Waals surface area contributed by atoms with Crippen LogP contribution in [0.1, 0.15) is 12.5 Å². The lowest BCUT2D eigenvalue weighted by Gasteiger charge is -2.11. The Hall–Kier alpha value is -1.38. The molecule has 0 aliphatic rings. The zero-order chi connectivity index (χ0) is 13.0. The van der Waals surface area contributed by atoms with Gasteiger partial charge in [0, 0.05) is 17.1 Å². The van der Waals surface area contributed by atoms with E-state index in [0.717, 1.165) is 23.2 Å². The molecular weight excluding hydrogens is 249 g/mol. The minimum Gasteiger partial charge on any atom is -0.313 e. The van der Waals surface area contributed by atoms with Gasteiger partial charge in [0.15, 0.2) is 0 Å². The lowest BCUT2D eigenvalue weighted by atomic mass is 9.99. The van der Waals surface area contributed by atoms with Gasteiger partial charge in [-0.2, -0.15) is 0 Å². The molecule has 18 heavy (non-hydrogen) atoms. The first-order chi connectivity index (χ1) is 8.72. The molecule has 0 radical (unpaired) electrons. The molecule has 0 spiro atoms. The number of hydrogen-bond donors (Lipinski definition) is 1. The summed E-state index contributed by atoms with van der Waals surface area (Å²) in [5.74, 6) is -0.223. The van der Waals surface area contributed by atoms with Crippen LogP contribution in [-0.2, 0) is 6.54 Å². The van der Waals surface area contributed by atoms with E-state index in [1.165, 1.54) is 6.07 Å². The molecule has 0 atom stereocenters. The summed E-state index contributed by atoms with van der Waals surface area (Å²) in [6.07, 6.45) is 0. The molecule has 0 fully saturated rings. The summed E-state index contributed by atoms with van der Waals surface area (Å²) in [7, 11) is 0. The van der Waals surface area contributed by atoms with Crippen molar-refractivity contribution in [1.82, 2.24) is 5.32 Å². The Kier molecular flexibility index (Phi) is 4.34. The van der Waals surface area contributed by atoms with Gasteiger partial charge in [0.25, 0.3) is 0 Å². The highest BCUT2D eigenvalue weighted by Crippen LogP contribution is 2.30. The Morgan fingerprint density at radius 1 is 1.11 bits per heavy atom. The van der Waals surface area contributed by atoms with E-state index in [1.54, 1.807) is 12.1 Å². The van der Waals surface area contributed by atoms with Crippen molar-refractivity contribution < 1.29 is 4.39 Å². The van der Waals surface area contributed by atoms with Gasteiger partial charge in [0.2, 0.25) is 0 Å². The van der Waals surface area contributed by atoms with Gasteiger partial charge in [-0.05, 0) is 35.9 Å². The van der Waals surface area contributed by atoms with E-state index in [9.17, 15) is 4.39 Å². The normalized spacial score (nSPS) is 10.6. The highest BCUT2D eigenvalue weighted by Gasteiger charge is 2.09. The lowest BCUT2D eigenvalue weighted by molar-refractivity contribution is 0.622. The van der Waals surface area contributed by atoms with Gasteiger partial charge in [-0.3, -0.25) is 0 Å². The van der Waals surface area contributed by atoms with E-state index >= 15 is 0 Å². The quantitative estimate of drug-likeness (QED) is 0.869. The standard InChI is InChI=1S/C15H15ClFN/c1-2-18-10-11-9-12(17)7-8-13(11)14-5-3-4-6-15(14)16/h3-9,18H,2,10H2,1H3. The van der Waals surface area contributed by atoms with Gasteiger partial charge < -0.3 is 5.32 Å². The molecule has 2 aromatic rings. The topological polar surface area (TPSA) is 12.0 Å². The van der Waals surface area contributed by atoms with E-state index in [0.29, 0.717) is 11.6 Å². The predicted molar refractivity (Wildman–Crippen MR) is 74.2 cm³/mol. The van der Waals surface area contributed by atoms with E-state index in [1.807, 2.05) is 31.2 Å². The first-order valence-corrected chi connectivity index (χ1v) is 6.34. The Labute approximate surface area is 112 Å². The monoisotopic (exact) mass is 263 g/mol. The van der Waals surface area contributed by atoms with E-state index in [-0.39, 0.29) is 5.82 Å². The van der Waals surface area contributed by atoms with Crippen LogP contribution in [0.15, 0.2) is 42.5 Å². The van der Waals surface area contributed by atoms with Crippen LogP contribution in [0, 0.1) is 5.82 Å². The second-order valence-corrected chi connectivity index (χ2v) is 4.47. The van der Waals surface area contributed by atoms with Crippen molar-refractivity contribution in [2.45, 2.75) is 13.5 Å². The van der Waals surface area contributed by atoms with Gasteiger partial charge >= 0.3 is 0 Å². The Bertz CT molecular complexity index is 540. The van der Waals surface area contributed by atoms with Crippen molar-refractivity contribution in [2.75, 3.05) is 6.54 Å². The van der Waals surface area contributed by atoms with Crippen LogP contribution in [0.25, 0.3) is 11.1 Å². The van der Waals surface area contributed by atoms with Gasteiger partial charge in [0.1, 0.15) is 5.82 Å². The molecule has 3 heteroatoms. The third-order valence-electron chi connectivity index (χ3n) is 2.80. The largest absolute Gasteiger partial charge is 0.313 e. The molecule has 94 valence electrons. The maximum absolute atomic E-state index is 13.3. The summed E-state index contributed by atoms with van der Waals surface area (Å²) in [6.45, 7) is 3.50. The zero-order valence-electron chi connectivity index (χ0n) is 10.2. The molecule has 1 N–H and O–H groups in total. The smallest absolute Gasteiger partial charge is 0.123 e. The average Bonchev–Trinajstić information content (AvgIpc) is 2.37. The SMILES string of the molecule is CCNCc1cc(F)ccc1-c1ccccc1Cl. The molecule has 0 heterocycles. The molecule has 0 saturated heterocycles. The summed E-state index contributed by atoms with van der Waals surface area (Å²) < 4.78 is 13.3. The van der Waals surface area contributed by atoms with Crippen molar-refractivity contribution in [2.24, 2.45) is 0 Å². The minimum absolute atomic E-state index is 0.223. The first kappa shape index (κ1) is 13.1.